The fourth-order valence-electron chi connectivity index (χ4n) is 3.12. The van der Waals surface area contributed by atoms with Gasteiger partial charge in [-0.3, -0.25) is 4.79 Å². The summed E-state index contributed by atoms with van der Waals surface area (Å²) in [4.78, 5) is 23.9. The number of carbonyl (C=O) groups is 2. The van der Waals surface area contributed by atoms with Crippen LogP contribution in [-0.2, 0) is 14.8 Å². The van der Waals surface area contributed by atoms with E-state index in [0.29, 0.717) is 12.8 Å². The summed E-state index contributed by atoms with van der Waals surface area (Å²) in [5.74, 6) is -1.80. The van der Waals surface area contributed by atoms with Crippen LogP contribution in [0.15, 0.2) is 33.9 Å². The summed E-state index contributed by atoms with van der Waals surface area (Å²) >= 11 is 7.27. The van der Waals surface area contributed by atoms with Crippen LogP contribution in [0.1, 0.15) is 23.2 Å². The van der Waals surface area contributed by atoms with Gasteiger partial charge in [-0.1, -0.05) is 17.7 Å². The summed E-state index contributed by atoms with van der Waals surface area (Å²) in [5.41, 5.74) is 0.134. The lowest BCUT2D eigenvalue weighted by atomic mass is 9.97. The van der Waals surface area contributed by atoms with E-state index in [4.69, 9.17) is 16.3 Å². The van der Waals surface area contributed by atoms with Crippen molar-refractivity contribution in [3.63, 3.8) is 0 Å². The number of aromatic carboxylic acids is 1. The van der Waals surface area contributed by atoms with Crippen LogP contribution >= 0.6 is 22.9 Å². The van der Waals surface area contributed by atoms with Gasteiger partial charge < -0.3 is 15.2 Å². The van der Waals surface area contributed by atoms with Crippen LogP contribution in [0.2, 0.25) is 5.02 Å². The lowest BCUT2D eigenvalue weighted by molar-refractivity contribution is -0.120. The third kappa shape index (κ3) is 4.55. The van der Waals surface area contributed by atoms with E-state index >= 15 is 0 Å². The number of ether oxygens (including phenoxy) is 1. The van der Waals surface area contributed by atoms with Gasteiger partial charge in [0.1, 0.15) is 15.5 Å². The van der Waals surface area contributed by atoms with E-state index in [2.05, 4.69) is 5.32 Å². The van der Waals surface area contributed by atoms with Crippen molar-refractivity contribution in [1.29, 1.82) is 0 Å². The Balaban J connectivity index is 1.67. The number of methoxy groups -OCH3 is 1. The van der Waals surface area contributed by atoms with Gasteiger partial charge >= 0.3 is 5.97 Å². The summed E-state index contributed by atoms with van der Waals surface area (Å²) < 4.78 is 31.9. The van der Waals surface area contributed by atoms with Gasteiger partial charge in [-0.25, -0.2) is 13.2 Å². The smallest absolute Gasteiger partial charge is 0.339 e. The van der Waals surface area contributed by atoms with Crippen molar-refractivity contribution >= 4 is 50.5 Å². The Morgan fingerprint density at radius 3 is 2.55 bits per heavy atom. The number of hydrogen-bond acceptors (Lipinski definition) is 6. The minimum absolute atomic E-state index is 0.0778. The Labute approximate surface area is 177 Å². The van der Waals surface area contributed by atoms with Crippen molar-refractivity contribution < 1.29 is 27.9 Å². The van der Waals surface area contributed by atoms with Gasteiger partial charge in [-0.2, -0.15) is 4.31 Å². The molecule has 29 heavy (non-hydrogen) atoms. The van der Waals surface area contributed by atoms with Crippen LogP contribution in [0, 0.1) is 5.92 Å². The number of nitrogens with zero attached hydrogens (tertiary/aromatic N) is 1. The first-order valence-corrected chi connectivity index (χ1v) is 11.4. The molecule has 2 N–H and O–H groups in total. The van der Waals surface area contributed by atoms with Gasteiger partial charge in [0.05, 0.1) is 17.8 Å². The zero-order chi connectivity index (χ0) is 21.2. The lowest BCUT2D eigenvalue weighted by Crippen LogP contribution is -2.41. The van der Waals surface area contributed by atoms with Crippen molar-refractivity contribution in [2.24, 2.45) is 5.92 Å². The number of benzene rings is 1. The molecule has 1 aromatic carbocycles. The first-order valence-electron chi connectivity index (χ1n) is 8.69. The highest BCUT2D eigenvalue weighted by Crippen LogP contribution is 2.32. The number of rotatable bonds is 6. The monoisotopic (exact) mass is 458 g/mol. The van der Waals surface area contributed by atoms with Crippen molar-refractivity contribution in [2.45, 2.75) is 17.1 Å². The molecule has 0 radical (unpaired) electrons. The summed E-state index contributed by atoms with van der Waals surface area (Å²) in [7, 11) is -2.20. The van der Waals surface area contributed by atoms with E-state index in [1.807, 2.05) is 0 Å². The van der Waals surface area contributed by atoms with Crippen LogP contribution < -0.4 is 10.1 Å². The Kier molecular flexibility index (Phi) is 6.47. The Bertz CT molecular complexity index is 1020. The van der Waals surface area contributed by atoms with Gasteiger partial charge in [-0.15, -0.1) is 11.3 Å². The van der Waals surface area contributed by atoms with Crippen LogP contribution in [0.4, 0.5) is 5.69 Å². The summed E-state index contributed by atoms with van der Waals surface area (Å²) in [6, 6.07) is 5.83. The summed E-state index contributed by atoms with van der Waals surface area (Å²) in [5, 5.41) is 13.7. The molecule has 8 nitrogen and oxygen atoms in total. The largest absolute Gasteiger partial charge is 0.496 e. The average Bonchev–Trinajstić information content (AvgIpc) is 3.25. The predicted molar refractivity (Wildman–Crippen MR) is 109 cm³/mol. The number of carbonyl (C=O) groups excluding carboxylic acids is 1. The fourth-order valence-corrected chi connectivity index (χ4v) is 5.94. The molecule has 0 bridgehead atoms. The highest BCUT2D eigenvalue weighted by atomic mass is 35.5. The zero-order valence-corrected chi connectivity index (χ0v) is 17.8. The average molecular weight is 459 g/mol. The molecule has 0 spiro atoms. The number of sulfonamides is 1. The predicted octanol–water partition coefficient (Wildman–Crippen LogP) is 3.15. The molecule has 1 aliphatic rings. The van der Waals surface area contributed by atoms with Gasteiger partial charge in [0, 0.05) is 25.1 Å². The topological polar surface area (TPSA) is 113 Å². The van der Waals surface area contributed by atoms with E-state index in [-0.39, 0.29) is 51.1 Å². The molecule has 0 aliphatic carbocycles. The third-order valence-electron chi connectivity index (χ3n) is 4.69. The molecule has 2 heterocycles. The minimum atomic E-state index is -3.53. The van der Waals surface area contributed by atoms with E-state index < -0.39 is 16.0 Å². The Morgan fingerprint density at radius 1 is 1.31 bits per heavy atom. The molecule has 1 amide bonds. The molecule has 156 valence electrons. The van der Waals surface area contributed by atoms with Crippen LogP contribution in [0.5, 0.6) is 5.75 Å². The Hall–Kier alpha value is -2.14. The van der Waals surface area contributed by atoms with Crippen molar-refractivity contribution in [3.8, 4) is 5.75 Å². The number of carboxylic acid groups (broad SMARTS) is 1. The lowest BCUT2D eigenvalue weighted by Gasteiger charge is -2.30. The highest BCUT2D eigenvalue weighted by molar-refractivity contribution is 7.91. The maximum atomic E-state index is 12.6. The highest BCUT2D eigenvalue weighted by Gasteiger charge is 2.32. The Morgan fingerprint density at radius 2 is 2.00 bits per heavy atom. The molecule has 1 fully saturated rings. The minimum Gasteiger partial charge on any atom is -0.496 e. The molecular formula is C18H19ClN2O6S2. The molecule has 0 atom stereocenters. The molecule has 3 rings (SSSR count). The number of nitrogens with one attached hydrogen (secondary N) is 1. The van der Waals surface area contributed by atoms with E-state index in [1.165, 1.54) is 23.5 Å². The van der Waals surface area contributed by atoms with E-state index in [9.17, 15) is 23.1 Å². The van der Waals surface area contributed by atoms with Crippen molar-refractivity contribution in [3.05, 3.63) is 40.2 Å². The fraction of sp³-hybridized carbons (Fsp3) is 0.333. The molecule has 11 heteroatoms. The number of amides is 1. The molecule has 0 unspecified atom stereocenters. The SMILES string of the molecule is COc1cc(NC(=O)C2CCN(S(=O)(=O)c3cccs3)CC2)c(Cl)cc1C(=O)O. The number of anilines is 1. The third-order valence-corrected chi connectivity index (χ3v) is 8.28. The first-order chi connectivity index (χ1) is 13.7. The molecule has 0 saturated carbocycles. The van der Waals surface area contributed by atoms with Crippen molar-refractivity contribution in [2.75, 3.05) is 25.5 Å². The quantitative estimate of drug-likeness (QED) is 0.687. The summed E-state index contributed by atoms with van der Waals surface area (Å²) in [6.45, 7) is 0.487. The van der Waals surface area contributed by atoms with Gasteiger partial charge in [0.15, 0.2) is 0 Å². The number of carboxylic acids is 1. The number of halogens is 1. The second kappa shape index (κ2) is 8.70. The maximum Gasteiger partial charge on any atom is 0.339 e. The van der Waals surface area contributed by atoms with Gasteiger partial charge in [0.2, 0.25) is 5.91 Å². The van der Waals surface area contributed by atoms with E-state index in [0.717, 1.165) is 11.3 Å². The second-order valence-corrected chi connectivity index (χ2v) is 9.96. The molecule has 1 aromatic heterocycles. The number of thiophene rings is 1. The first kappa shape index (κ1) is 21.6. The molecule has 1 aliphatic heterocycles. The molecular weight excluding hydrogens is 440 g/mol. The van der Waals surface area contributed by atoms with Gasteiger partial charge in [-0.05, 0) is 30.4 Å². The molecule has 1 saturated heterocycles. The standard InChI is InChI=1S/C18H19ClN2O6S2/c1-27-15-10-14(13(19)9-12(15)18(23)24)20-17(22)11-4-6-21(7-5-11)29(25,26)16-3-2-8-28-16/h2-3,8-11H,4-7H2,1H3,(H,20,22)(H,23,24). The normalized spacial score (nSPS) is 15.8. The number of piperidine rings is 1. The summed E-state index contributed by atoms with van der Waals surface area (Å²) in [6.07, 6.45) is 0.747. The second-order valence-electron chi connectivity index (χ2n) is 6.44. The van der Waals surface area contributed by atoms with Crippen LogP contribution in [0.25, 0.3) is 0 Å². The van der Waals surface area contributed by atoms with Crippen LogP contribution in [0.3, 0.4) is 0 Å². The van der Waals surface area contributed by atoms with Crippen LogP contribution in [-0.4, -0.2) is 49.9 Å². The zero-order valence-electron chi connectivity index (χ0n) is 15.4. The van der Waals surface area contributed by atoms with Gasteiger partial charge in [0.25, 0.3) is 10.0 Å². The van der Waals surface area contributed by atoms with Crippen molar-refractivity contribution in [1.82, 2.24) is 4.31 Å². The van der Waals surface area contributed by atoms with E-state index in [1.54, 1.807) is 17.5 Å². The number of hydrogen-bond donors (Lipinski definition) is 2. The maximum absolute atomic E-state index is 12.6. The molecule has 2 aromatic rings.